The van der Waals surface area contributed by atoms with E-state index in [2.05, 4.69) is 104 Å². The molecule has 0 bridgehead atoms. The lowest BCUT2D eigenvalue weighted by Gasteiger charge is -2.48. The SMILES string of the molecule is CC/C=C\C/C=C\C/C=C\C/C=C\C/C=C\C/C=C\C/C=C\CCCCCC(=O)NC(COC1OC(CO)C(OC2OC(CO)C(OC3OC(CO)C(O)C(O)C3O)C(O)C2O)C(O)C1O)C(O)/C=C/CCCCCCCCCCCCCCC. The van der Waals surface area contributed by atoms with Gasteiger partial charge in [0.25, 0.3) is 0 Å². The second-order valence-corrected chi connectivity index (χ2v) is 22.5. The van der Waals surface area contributed by atoms with Crippen LogP contribution in [0.3, 0.4) is 0 Å². The fraction of sp³-hybridized carbons (Fsp3) is 0.742. The summed E-state index contributed by atoms with van der Waals surface area (Å²) in [4.78, 5) is 13.4. The van der Waals surface area contributed by atoms with Crippen molar-refractivity contribution < 1.29 is 89.4 Å². The number of rotatable bonds is 46. The fourth-order valence-corrected chi connectivity index (χ4v) is 10.2. The molecule has 3 saturated heterocycles. The number of allylic oxidation sites excluding steroid dienone is 15. The Balaban J connectivity index is 1.48. The number of amides is 1. The Hall–Kier alpha value is -3.29. The van der Waals surface area contributed by atoms with Crippen LogP contribution in [-0.2, 0) is 33.2 Å². The van der Waals surface area contributed by atoms with Gasteiger partial charge in [0.05, 0.1) is 38.6 Å². The zero-order valence-electron chi connectivity index (χ0n) is 51.0. The summed E-state index contributed by atoms with van der Waals surface area (Å²) in [6, 6.07) is -0.998. The molecule has 0 aliphatic carbocycles. The maximum Gasteiger partial charge on any atom is 0.220 e. The van der Waals surface area contributed by atoms with Crippen molar-refractivity contribution in [2.24, 2.45) is 0 Å². The molecule has 1 amide bonds. The molecule has 17 unspecified atom stereocenters. The molecule has 19 heteroatoms. The molecule has 3 rings (SSSR count). The monoisotopic (exact) mass is 1210 g/mol. The minimum absolute atomic E-state index is 0.197. The van der Waals surface area contributed by atoms with Gasteiger partial charge in [-0.2, -0.15) is 0 Å². The van der Waals surface area contributed by atoms with E-state index in [-0.39, 0.29) is 18.9 Å². The molecule has 3 fully saturated rings. The average Bonchev–Trinajstić information content (AvgIpc) is 3.63. The van der Waals surface area contributed by atoms with Gasteiger partial charge in [0, 0.05) is 6.42 Å². The topological polar surface area (TPSA) is 307 Å². The number of aliphatic hydroxyl groups excluding tert-OH is 11. The zero-order chi connectivity index (χ0) is 61.9. The summed E-state index contributed by atoms with van der Waals surface area (Å²) < 4.78 is 34.2. The van der Waals surface area contributed by atoms with Crippen molar-refractivity contribution in [1.82, 2.24) is 5.32 Å². The van der Waals surface area contributed by atoms with E-state index in [1.54, 1.807) is 6.08 Å². The highest BCUT2D eigenvalue weighted by Gasteiger charge is 2.53. The summed E-state index contributed by atoms with van der Waals surface area (Å²) >= 11 is 0. The number of aliphatic hydroxyl groups is 11. The van der Waals surface area contributed by atoms with Gasteiger partial charge in [-0.25, -0.2) is 0 Å². The Kier molecular flexibility index (Phi) is 42.6. The first-order valence-electron chi connectivity index (χ1n) is 32.0. The van der Waals surface area contributed by atoms with E-state index in [0.717, 1.165) is 89.9 Å². The Morgan fingerprint density at radius 3 is 1.27 bits per heavy atom. The van der Waals surface area contributed by atoms with Gasteiger partial charge in [-0.1, -0.05) is 195 Å². The van der Waals surface area contributed by atoms with Crippen molar-refractivity contribution in [2.75, 3.05) is 26.4 Å². The van der Waals surface area contributed by atoms with E-state index in [0.29, 0.717) is 6.42 Å². The number of hydrogen-bond acceptors (Lipinski definition) is 18. The second kappa shape index (κ2) is 47.7. The van der Waals surface area contributed by atoms with Gasteiger partial charge in [0.2, 0.25) is 5.91 Å². The van der Waals surface area contributed by atoms with Crippen molar-refractivity contribution >= 4 is 5.91 Å². The fourth-order valence-electron chi connectivity index (χ4n) is 10.2. The first kappa shape index (κ1) is 76.0. The minimum Gasteiger partial charge on any atom is -0.394 e. The Bertz CT molecular complexity index is 1920. The van der Waals surface area contributed by atoms with Crippen LogP contribution < -0.4 is 5.32 Å². The summed E-state index contributed by atoms with van der Waals surface area (Å²) in [5.41, 5.74) is 0. The van der Waals surface area contributed by atoms with E-state index < -0.39 is 124 Å². The quantitative estimate of drug-likeness (QED) is 0.0217. The van der Waals surface area contributed by atoms with Gasteiger partial charge in [0.1, 0.15) is 73.2 Å². The Morgan fingerprint density at radius 1 is 0.435 bits per heavy atom. The van der Waals surface area contributed by atoms with Crippen LogP contribution in [0.15, 0.2) is 97.2 Å². The predicted molar refractivity (Wildman–Crippen MR) is 327 cm³/mol. The lowest BCUT2D eigenvalue weighted by molar-refractivity contribution is -0.379. The molecular formula is C66H111NO18. The van der Waals surface area contributed by atoms with Crippen molar-refractivity contribution in [3.63, 3.8) is 0 Å². The summed E-state index contributed by atoms with van der Waals surface area (Å²) in [5, 5.41) is 120. The summed E-state index contributed by atoms with van der Waals surface area (Å²) in [6.07, 6.45) is 33.8. The summed E-state index contributed by atoms with van der Waals surface area (Å²) in [7, 11) is 0. The molecule has 0 aromatic rings. The first-order valence-corrected chi connectivity index (χ1v) is 32.0. The van der Waals surface area contributed by atoms with Crippen molar-refractivity contribution in [1.29, 1.82) is 0 Å². The number of hydrogen-bond donors (Lipinski definition) is 12. The molecular weight excluding hydrogens is 1090 g/mol. The zero-order valence-corrected chi connectivity index (χ0v) is 51.0. The molecule has 3 aliphatic rings. The van der Waals surface area contributed by atoms with E-state index in [9.17, 15) is 61.0 Å². The van der Waals surface area contributed by atoms with Crippen LogP contribution >= 0.6 is 0 Å². The molecule has 85 heavy (non-hydrogen) atoms. The van der Waals surface area contributed by atoms with Gasteiger partial charge in [-0.3, -0.25) is 4.79 Å². The summed E-state index contributed by atoms with van der Waals surface area (Å²) in [5.74, 6) is -0.312. The van der Waals surface area contributed by atoms with Crippen molar-refractivity contribution in [3.05, 3.63) is 97.2 Å². The second-order valence-electron chi connectivity index (χ2n) is 22.5. The van der Waals surface area contributed by atoms with Gasteiger partial charge in [-0.05, 0) is 77.0 Å². The van der Waals surface area contributed by atoms with Crippen LogP contribution in [0.2, 0.25) is 0 Å². The van der Waals surface area contributed by atoms with Gasteiger partial charge >= 0.3 is 0 Å². The molecule has 0 aromatic heterocycles. The first-order chi connectivity index (χ1) is 41.3. The summed E-state index contributed by atoms with van der Waals surface area (Å²) in [6.45, 7) is 1.56. The van der Waals surface area contributed by atoms with E-state index in [1.807, 2.05) is 6.08 Å². The minimum atomic E-state index is -1.99. The highest BCUT2D eigenvalue weighted by molar-refractivity contribution is 5.76. The predicted octanol–water partition coefficient (Wildman–Crippen LogP) is 6.93. The molecule has 0 saturated carbocycles. The molecule has 3 aliphatic heterocycles. The molecule has 12 N–H and O–H groups in total. The van der Waals surface area contributed by atoms with Crippen LogP contribution in [-0.4, -0.2) is 193 Å². The third kappa shape index (κ3) is 30.7. The largest absolute Gasteiger partial charge is 0.394 e. The smallest absolute Gasteiger partial charge is 0.220 e. The van der Waals surface area contributed by atoms with Crippen LogP contribution in [0.5, 0.6) is 0 Å². The highest BCUT2D eigenvalue weighted by Crippen LogP contribution is 2.33. The number of carbonyl (C=O) groups excluding carboxylic acids is 1. The normalized spacial score (nSPS) is 29.6. The molecule has 0 aromatic carbocycles. The number of carbonyl (C=O) groups is 1. The van der Waals surface area contributed by atoms with Crippen molar-refractivity contribution in [2.45, 2.75) is 285 Å². The molecule has 0 spiro atoms. The van der Waals surface area contributed by atoms with Gasteiger partial charge in [-0.15, -0.1) is 0 Å². The lowest BCUT2D eigenvalue weighted by Crippen LogP contribution is -2.66. The Morgan fingerprint density at radius 2 is 0.812 bits per heavy atom. The maximum atomic E-state index is 13.4. The van der Waals surface area contributed by atoms with Crippen LogP contribution in [0.1, 0.15) is 181 Å². The third-order valence-electron chi connectivity index (χ3n) is 15.4. The van der Waals surface area contributed by atoms with E-state index in [4.69, 9.17) is 28.4 Å². The highest BCUT2D eigenvalue weighted by atomic mass is 16.8. The third-order valence-corrected chi connectivity index (χ3v) is 15.4. The number of nitrogens with one attached hydrogen (secondary N) is 1. The molecule has 3 heterocycles. The number of unbranched alkanes of at least 4 members (excludes halogenated alkanes) is 16. The van der Waals surface area contributed by atoms with Crippen LogP contribution in [0.25, 0.3) is 0 Å². The number of ether oxygens (including phenoxy) is 6. The van der Waals surface area contributed by atoms with Gasteiger partial charge in [0.15, 0.2) is 18.9 Å². The van der Waals surface area contributed by atoms with E-state index in [1.165, 1.54) is 64.2 Å². The lowest BCUT2D eigenvalue weighted by atomic mass is 9.96. The average molecular weight is 1210 g/mol. The van der Waals surface area contributed by atoms with Gasteiger partial charge < -0.3 is 89.9 Å². The molecule has 488 valence electrons. The van der Waals surface area contributed by atoms with Crippen molar-refractivity contribution in [3.8, 4) is 0 Å². The van der Waals surface area contributed by atoms with E-state index >= 15 is 0 Å². The van der Waals surface area contributed by atoms with Crippen LogP contribution in [0, 0.1) is 0 Å². The van der Waals surface area contributed by atoms with Crippen LogP contribution in [0.4, 0.5) is 0 Å². The molecule has 17 atom stereocenters. The standard InChI is InChI=1S/C66H111NO18/c1-3-5-7-9-11-13-15-17-19-20-21-22-23-24-25-26-27-28-30-32-34-36-38-40-42-44-54(72)67-49(50(71)43-41-39-37-35-33-31-29-18-16-14-12-10-8-6-4-2)48-80-64-60(78)57(75)62(52(46-69)82-64)85-66-61(79)58(76)63(53(47-70)83-66)84-65-59(77)56(74)55(73)51(45-68)81-65/h5,7,11,13,17,19,21-22,24-25,27-28,32,34,41,43,49-53,55-66,68-71,73-79H,3-4,6,8-10,12,14-16,18,20,23,26,29-31,33,35-40,42,44-48H2,1-2H3,(H,67,72)/b7-5-,13-11-,19-17-,22-21-,25-24-,28-27-,34-32-,43-41+. The molecule has 0 radical (unpaired) electrons. The Labute approximate surface area is 507 Å². The molecule has 19 nitrogen and oxygen atoms in total. The maximum absolute atomic E-state index is 13.4.